The van der Waals surface area contributed by atoms with Gasteiger partial charge in [-0.05, 0) is 38.1 Å². The molecule has 1 aromatic heterocycles. The van der Waals surface area contributed by atoms with Crippen molar-refractivity contribution < 1.29 is 13.2 Å². The number of carbonyl (C=O) groups is 1. The summed E-state index contributed by atoms with van der Waals surface area (Å²) in [4.78, 5) is 12.4. The lowest BCUT2D eigenvalue weighted by molar-refractivity contribution is 0.101. The molecule has 0 amide bonds. The zero-order chi connectivity index (χ0) is 14.0. The molecule has 0 aliphatic rings. The number of ketones is 1. The minimum absolute atomic E-state index is 0.180. The summed E-state index contributed by atoms with van der Waals surface area (Å²) >= 11 is 1.19. The van der Waals surface area contributed by atoms with Crippen LogP contribution in [0.1, 0.15) is 22.2 Å². The van der Waals surface area contributed by atoms with Gasteiger partial charge in [-0.15, -0.1) is 11.3 Å². The average Bonchev–Trinajstić information content (AvgIpc) is 2.76. The summed E-state index contributed by atoms with van der Waals surface area (Å²) in [7, 11) is -3.63. The molecule has 0 fully saturated rings. The third kappa shape index (κ3) is 3.02. The second-order valence-electron chi connectivity index (χ2n) is 4.07. The van der Waals surface area contributed by atoms with Gasteiger partial charge in [0.05, 0.1) is 5.69 Å². The smallest absolute Gasteiger partial charge is 0.271 e. The van der Waals surface area contributed by atoms with Crippen LogP contribution in [0.3, 0.4) is 0 Å². The number of hydrogen-bond acceptors (Lipinski definition) is 4. The molecule has 0 saturated carbocycles. The highest BCUT2D eigenvalue weighted by Gasteiger charge is 2.18. The van der Waals surface area contributed by atoms with E-state index in [9.17, 15) is 13.2 Å². The topological polar surface area (TPSA) is 63.2 Å². The molecular formula is C13H13NO3S2. The fourth-order valence-corrected chi connectivity index (χ4v) is 3.99. The zero-order valence-corrected chi connectivity index (χ0v) is 12.1. The standard InChI is InChI=1S/C13H13NO3S2/c1-9-7-8-13(18-9)19(16,17)14-12-6-4-3-5-11(12)10(2)15/h3-8,14H,1-2H3. The van der Waals surface area contributed by atoms with Gasteiger partial charge in [-0.3, -0.25) is 9.52 Å². The average molecular weight is 295 g/mol. The summed E-state index contributed by atoms with van der Waals surface area (Å²) in [6, 6.07) is 9.86. The first-order chi connectivity index (χ1) is 8.90. The van der Waals surface area contributed by atoms with Crippen LogP contribution in [0.4, 0.5) is 5.69 Å². The van der Waals surface area contributed by atoms with E-state index in [4.69, 9.17) is 0 Å². The lowest BCUT2D eigenvalue weighted by atomic mass is 10.1. The Labute approximate surface area is 116 Å². The minimum atomic E-state index is -3.63. The van der Waals surface area contributed by atoms with Crippen LogP contribution >= 0.6 is 11.3 Å². The number of hydrogen-bond donors (Lipinski definition) is 1. The second-order valence-corrected chi connectivity index (χ2v) is 7.27. The molecule has 100 valence electrons. The maximum atomic E-state index is 12.2. The highest BCUT2D eigenvalue weighted by Crippen LogP contribution is 2.25. The third-order valence-electron chi connectivity index (χ3n) is 2.53. The van der Waals surface area contributed by atoms with Crippen LogP contribution in [0.2, 0.25) is 0 Å². The van der Waals surface area contributed by atoms with Gasteiger partial charge in [0.15, 0.2) is 5.78 Å². The fourth-order valence-electron chi connectivity index (χ4n) is 1.63. The Morgan fingerprint density at radius 2 is 1.84 bits per heavy atom. The van der Waals surface area contributed by atoms with E-state index >= 15 is 0 Å². The van der Waals surface area contributed by atoms with Crippen LogP contribution in [0.15, 0.2) is 40.6 Å². The highest BCUT2D eigenvalue weighted by atomic mass is 32.2. The SMILES string of the molecule is CC(=O)c1ccccc1NS(=O)(=O)c1ccc(C)s1. The summed E-state index contributed by atoms with van der Waals surface area (Å²) in [5.74, 6) is -0.180. The Bertz CT molecular complexity index is 717. The van der Waals surface area contributed by atoms with Crippen LogP contribution in [0.5, 0.6) is 0 Å². The van der Waals surface area contributed by atoms with Gasteiger partial charge in [0, 0.05) is 10.4 Å². The molecule has 4 nitrogen and oxygen atoms in total. The van der Waals surface area contributed by atoms with Crippen molar-refractivity contribution in [3.05, 3.63) is 46.8 Å². The summed E-state index contributed by atoms with van der Waals surface area (Å²) in [5.41, 5.74) is 0.667. The van der Waals surface area contributed by atoms with Gasteiger partial charge in [0.1, 0.15) is 4.21 Å². The number of anilines is 1. The Balaban J connectivity index is 2.39. The van der Waals surface area contributed by atoms with Crippen LogP contribution in [-0.4, -0.2) is 14.2 Å². The number of sulfonamides is 1. The van der Waals surface area contributed by atoms with E-state index in [2.05, 4.69) is 4.72 Å². The first-order valence-electron chi connectivity index (χ1n) is 5.59. The van der Waals surface area contributed by atoms with E-state index in [0.29, 0.717) is 11.3 Å². The van der Waals surface area contributed by atoms with Crippen molar-refractivity contribution in [1.29, 1.82) is 0 Å². The summed E-state index contributed by atoms with van der Waals surface area (Å²) < 4.78 is 27.1. The van der Waals surface area contributed by atoms with Gasteiger partial charge in [-0.1, -0.05) is 12.1 Å². The van der Waals surface area contributed by atoms with Crippen LogP contribution in [-0.2, 0) is 10.0 Å². The molecule has 0 saturated heterocycles. The van der Waals surface area contributed by atoms with Crippen LogP contribution < -0.4 is 4.72 Å². The van der Waals surface area contributed by atoms with Gasteiger partial charge in [0.2, 0.25) is 0 Å². The second kappa shape index (κ2) is 5.14. The Hall–Kier alpha value is -1.66. The number of benzene rings is 1. The van der Waals surface area contributed by atoms with E-state index in [1.165, 1.54) is 18.3 Å². The molecule has 6 heteroatoms. The molecule has 2 aromatic rings. The van der Waals surface area contributed by atoms with Crippen molar-refractivity contribution in [1.82, 2.24) is 0 Å². The van der Waals surface area contributed by atoms with Crippen molar-refractivity contribution in [2.45, 2.75) is 18.1 Å². The number of Topliss-reactive ketones (excluding diaryl/α,β-unsaturated/α-hetero) is 1. The van der Waals surface area contributed by atoms with Crippen LogP contribution in [0, 0.1) is 6.92 Å². The molecule has 1 N–H and O–H groups in total. The molecule has 0 atom stereocenters. The number of para-hydroxylation sites is 1. The maximum absolute atomic E-state index is 12.2. The van der Waals surface area contributed by atoms with E-state index < -0.39 is 10.0 Å². The van der Waals surface area contributed by atoms with Gasteiger partial charge in [0.25, 0.3) is 10.0 Å². The molecule has 0 aliphatic heterocycles. The third-order valence-corrected chi connectivity index (χ3v) is 5.39. The van der Waals surface area contributed by atoms with E-state index in [0.717, 1.165) is 4.88 Å². The summed E-state index contributed by atoms with van der Waals surface area (Å²) in [6.07, 6.45) is 0. The van der Waals surface area contributed by atoms with Crippen molar-refractivity contribution in [2.24, 2.45) is 0 Å². The Kier molecular flexibility index (Phi) is 3.73. The molecule has 2 rings (SSSR count). The molecule has 1 heterocycles. The van der Waals surface area contributed by atoms with Gasteiger partial charge < -0.3 is 0 Å². The molecule has 1 aromatic carbocycles. The van der Waals surface area contributed by atoms with E-state index in [1.807, 2.05) is 6.92 Å². The lowest BCUT2D eigenvalue weighted by Crippen LogP contribution is -2.13. The largest absolute Gasteiger partial charge is 0.294 e. The van der Waals surface area contributed by atoms with Crippen LogP contribution in [0.25, 0.3) is 0 Å². The van der Waals surface area contributed by atoms with Crippen molar-refractivity contribution in [3.63, 3.8) is 0 Å². The van der Waals surface area contributed by atoms with E-state index in [1.54, 1.807) is 36.4 Å². The normalized spacial score (nSPS) is 11.3. The van der Waals surface area contributed by atoms with Gasteiger partial charge >= 0.3 is 0 Å². The predicted molar refractivity (Wildman–Crippen MR) is 76.3 cm³/mol. The fraction of sp³-hybridized carbons (Fsp3) is 0.154. The minimum Gasteiger partial charge on any atom is -0.294 e. The molecule has 19 heavy (non-hydrogen) atoms. The predicted octanol–water partition coefficient (Wildman–Crippen LogP) is 3.06. The maximum Gasteiger partial charge on any atom is 0.271 e. The van der Waals surface area contributed by atoms with Gasteiger partial charge in [-0.25, -0.2) is 8.42 Å². The monoisotopic (exact) mass is 295 g/mol. The lowest BCUT2D eigenvalue weighted by Gasteiger charge is -2.09. The number of aryl methyl sites for hydroxylation is 1. The Morgan fingerprint density at radius 1 is 1.16 bits per heavy atom. The Morgan fingerprint density at radius 3 is 2.42 bits per heavy atom. The van der Waals surface area contributed by atoms with Crippen molar-refractivity contribution >= 4 is 32.8 Å². The number of carbonyl (C=O) groups excluding carboxylic acids is 1. The molecular weight excluding hydrogens is 282 g/mol. The molecule has 0 radical (unpaired) electrons. The summed E-state index contributed by atoms with van der Waals surface area (Å²) in [5, 5.41) is 0. The van der Waals surface area contributed by atoms with E-state index in [-0.39, 0.29) is 9.99 Å². The quantitative estimate of drug-likeness (QED) is 0.882. The van der Waals surface area contributed by atoms with Crippen molar-refractivity contribution in [2.75, 3.05) is 4.72 Å². The highest BCUT2D eigenvalue weighted by molar-refractivity contribution is 7.94. The first-order valence-corrected chi connectivity index (χ1v) is 7.89. The number of thiophene rings is 1. The summed E-state index contributed by atoms with van der Waals surface area (Å²) in [6.45, 7) is 3.25. The molecule has 0 spiro atoms. The molecule has 0 bridgehead atoms. The molecule has 0 unspecified atom stereocenters. The molecule has 0 aliphatic carbocycles. The number of nitrogens with one attached hydrogen (secondary N) is 1. The first kappa shape index (κ1) is 13.8. The number of rotatable bonds is 4. The zero-order valence-electron chi connectivity index (χ0n) is 10.5. The van der Waals surface area contributed by atoms with Gasteiger partial charge in [-0.2, -0.15) is 0 Å². The van der Waals surface area contributed by atoms with Crippen molar-refractivity contribution in [3.8, 4) is 0 Å².